The number of ether oxygens (including phenoxy) is 1. The van der Waals surface area contributed by atoms with E-state index in [0.717, 1.165) is 19.6 Å². The number of rotatable bonds is 6. The van der Waals surface area contributed by atoms with Gasteiger partial charge in [0.1, 0.15) is 11.6 Å². The van der Waals surface area contributed by atoms with E-state index in [4.69, 9.17) is 15.9 Å². The smallest absolute Gasteiger partial charge is 0.343 e. The van der Waals surface area contributed by atoms with Crippen LogP contribution in [0.5, 0.6) is 5.75 Å². The zero-order valence-corrected chi connectivity index (χ0v) is 17.5. The van der Waals surface area contributed by atoms with Gasteiger partial charge in [-0.3, -0.25) is 10.3 Å². The Labute approximate surface area is 183 Å². The maximum Gasteiger partial charge on any atom is 0.343 e. The van der Waals surface area contributed by atoms with E-state index in [1.54, 1.807) is 36.4 Å². The first-order valence-corrected chi connectivity index (χ1v) is 10.6. The molecule has 0 spiro atoms. The van der Waals surface area contributed by atoms with Crippen LogP contribution in [0.1, 0.15) is 45.8 Å². The Morgan fingerprint density at radius 2 is 1.58 bits per heavy atom. The molecule has 5 nitrogen and oxygen atoms in total. The number of nitrogens with one attached hydrogen (secondary N) is 1. The van der Waals surface area contributed by atoms with Crippen LogP contribution in [0, 0.1) is 5.41 Å². The third-order valence-corrected chi connectivity index (χ3v) is 5.83. The highest BCUT2D eigenvalue weighted by molar-refractivity contribution is 5.99. The zero-order chi connectivity index (χ0) is 21.6. The summed E-state index contributed by atoms with van der Waals surface area (Å²) in [5.41, 5.74) is 9.07. The van der Waals surface area contributed by atoms with Crippen molar-refractivity contribution in [3.05, 3.63) is 101 Å². The second kappa shape index (κ2) is 9.58. The predicted molar refractivity (Wildman–Crippen MR) is 123 cm³/mol. The number of nitrogens with two attached hydrogens (primary N) is 1. The number of nitrogens with zero attached hydrogens (tertiary/aromatic N) is 1. The molecule has 1 fully saturated rings. The average Bonchev–Trinajstić information content (AvgIpc) is 2.81. The lowest BCUT2D eigenvalue weighted by atomic mass is 9.89. The third-order valence-electron chi connectivity index (χ3n) is 5.83. The van der Waals surface area contributed by atoms with Gasteiger partial charge in [0.05, 0.1) is 11.1 Å². The Bertz CT molecular complexity index is 1040. The summed E-state index contributed by atoms with van der Waals surface area (Å²) in [4.78, 5) is 15.0. The van der Waals surface area contributed by atoms with E-state index in [-0.39, 0.29) is 5.84 Å². The van der Waals surface area contributed by atoms with Crippen molar-refractivity contribution in [1.29, 1.82) is 5.41 Å². The monoisotopic (exact) mass is 413 g/mol. The van der Waals surface area contributed by atoms with Crippen LogP contribution in [0.3, 0.4) is 0 Å². The highest BCUT2D eigenvalue weighted by atomic mass is 16.5. The van der Waals surface area contributed by atoms with E-state index in [0.29, 0.717) is 22.8 Å². The van der Waals surface area contributed by atoms with Crippen LogP contribution in [0.15, 0.2) is 78.9 Å². The summed E-state index contributed by atoms with van der Waals surface area (Å²) in [6, 6.07) is 25.1. The molecule has 3 N–H and O–H groups in total. The number of nitrogen functional groups attached to an aromatic ring is 1. The van der Waals surface area contributed by atoms with E-state index >= 15 is 0 Å². The fourth-order valence-electron chi connectivity index (χ4n) is 4.09. The molecule has 0 radical (unpaired) electrons. The molecule has 3 aromatic rings. The van der Waals surface area contributed by atoms with Crippen molar-refractivity contribution in [2.24, 2.45) is 5.73 Å². The molecule has 1 saturated heterocycles. The molecule has 31 heavy (non-hydrogen) atoms. The number of para-hydroxylation sites is 1. The number of hydrogen-bond donors (Lipinski definition) is 2. The highest BCUT2D eigenvalue weighted by Crippen LogP contribution is 2.28. The SMILES string of the molecule is N=C(N)c1ccccc1OC(=O)c1ccc(CN2CCC(c3ccccc3)CC2)cc1. The van der Waals surface area contributed by atoms with Crippen LogP contribution in [-0.4, -0.2) is 29.8 Å². The Morgan fingerprint density at radius 1 is 0.935 bits per heavy atom. The number of piperidine rings is 1. The van der Waals surface area contributed by atoms with Crippen molar-refractivity contribution in [2.45, 2.75) is 25.3 Å². The first-order valence-electron chi connectivity index (χ1n) is 10.6. The molecule has 0 bridgehead atoms. The molecular weight excluding hydrogens is 386 g/mol. The fraction of sp³-hybridized carbons (Fsp3) is 0.231. The number of esters is 1. The fourth-order valence-corrected chi connectivity index (χ4v) is 4.09. The van der Waals surface area contributed by atoms with Crippen LogP contribution in [-0.2, 0) is 6.54 Å². The largest absolute Gasteiger partial charge is 0.422 e. The van der Waals surface area contributed by atoms with Crippen molar-refractivity contribution < 1.29 is 9.53 Å². The van der Waals surface area contributed by atoms with Gasteiger partial charge in [-0.05, 0) is 67.2 Å². The van der Waals surface area contributed by atoms with E-state index in [9.17, 15) is 4.79 Å². The molecule has 4 rings (SSSR count). The van der Waals surface area contributed by atoms with E-state index < -0.39 is 5.97 Å². The summed E-state index contributed by atoms with van der Waals surface area (Å²) in [5.74, 6) is 0.358. The van der Waals surface area contributed by atoms with Gasteiger partial charge in [0.25, 0.3) is 0 Å². The van der Waals surface area contributed by atoms with Crippen LogP contribution < -0.4 is 10.5 Å². The van der Waals surface area contributed by atoms with Gasteiger partial charge >= 0.3 is 5.97 Å². The van der Waals surface area contributed by atoms with Gasteiger partial charge in [-0.25, -0.2) is 4.79 Å². The minimum absolute atomic E-state index is 0.130. The van der Waals surface area contributed by atoms with Crippen LogP contribution in [0.25, 0.3) is 0 Å². The van der Waals surface area contributed by atoms with Crippen LogP contribution >= 0.6 is 0 Å². The molecule has 3 aromatic carbocycles. The van der Waals surface area contributed by atoms with Gasteiger partial charge in [-0.2, -0.15) is 0 Å². The molecule has 0 unspecified atom stereocenters. The first-order chi connectivity index (χ1) is 15.1. The molecule has 0 atom stereocenters. The normalized spacial score (nSPS) is 14.8. The van der Waals surface area contributed by atoms with Crippen molar-refractivity contribution in [3.63, 3.8) is 0 Å². The van der Waals surface area contributed by atoms with Crippen LogP contribution in [0.4, 0.5) is 0 Å². The number of carbonyl (C=O) groups excluding carboxylic acids is 1. The minimum Gasteiger partial charge on any atom is -0.422 e. The van der Waals surface area contributed by atoms with Gasteiger partial charge in [0.2, 0.25) is 0 Å². The average molecular weight is 414 g/mol. The maximum absolute atomic E-state index is 12.5. The lowest BCUT2D eigenvalue weighted by molar-refractivity contribution is 0.0734. The molecule has 0 saturated carbocycles. The van der Waals surface area contributed by atoms with Gasteiger partial charge in [0, 0.05) is 6.54 Å². The summed E-state index contributed by atoms with van der Waals surface area (Å²) in [6.45, 7) is 3.03. The minimum atomic E-state index is -0.455. The number of benzene rings is 3. The molecule has 0 aromatic heterocycles. The molecule has 1 aliphatic rings. The van der Waals surface area contributed by atoms with Crippen molar-refractivity contribution >= 4 is 11.8 Å². The highest BCUT2D eigenvalue weighted by Gasteiger charge is 2.20. The number of hydrogen-bond acceptors (Lipinski definition) is 4. The molecule has 0 aliphatic carbocycles. The van der Waals surface area contributed by atoms with E-state index in [1.807, 2.05) is 12.1 Å². The summed E-state index contributed by atoms with van der Waals surface area (Å²) in [7, 11) is 0. The molecule has 0 amide bonds. The summed E-state index contributed by atoms with van der Waals surface area (Å²) >= 11 is 0. The predicted octanol–water partition coefficient (Wildman–Crippen LogP) is 4.57. The quantitative estimate of drug-likeness (QED) is 0.269. The lowest BCUT2D eigenvalue weighted by Gasteiger charge is -2.32. The van der Waals surface area contributed by atoms with Crippen LogP contribution in [0.2, 0.25) is 0 Å². The Hall–Kier alpha value is -3.44. The van der Waals surface area contributed by atoms with Gasteiger partial charge in [-0.1, -0.05) is 54.6 Å². The lowest BCUT2D eigenvalue weighted by Crippen LogP contribution is -2.32. The summed E-state index contributed by atoms with van der Waals surface area (Å²) in [6.07, 6.45) is 2.34. The first kappa shape index (κ1) is 20.8. The van der Waals surface area contributed by atoms with Crippen molar-refractivity contribution in [3.8, 4) is 5.75 Å². The second-order valence-corrected chi connectivity index (χ2v) is 7.96. The van der Waals surface area contributed by atoms with E-state index in [1.165, 1.54) is 24.0 Å². The molecule has 5 heteroatoms. The van der Waals surface area contributed by atoms with E-state index in [2.05, 4.69) is 35.2 Å². The molecule has 1 heterocycles. The Balaban J connectivity index is 1.33. The standard InChI is InChI=1S/C26H27N3O2/c27-25(28)23-8-4-5-9-24(23)31-26(30)22-12-10-19(11-13-22)18-29-16-14-21(15-17-29)20-6-2-1-3-7-20/h1-13,21H,14-18H2,(H3,27,28). The number of carbonyl (C=O) groups is 1. The Morgan fingerprint density at radius 3 is 2.26 bits per heavy atom. The Kier molecular flexibility index (Phi) is 6.43. The topological polar surface area (TPSA) is 79.4 Å². The molecular formula is C26H27N3O2. The summed E-state index contributed by atoms with van der Waals surface area (Å²) < 4.78 is 5.47. The van der Waals surface area contributed by atoms with Crippen molar-refractivity contribution in [1.82, 2.24) is 4.90 Å². The van der Waals surface area contributed by atoms with Gasteiger partial charge in [0.15, 0.2) is 0 Å². The number of amidine groups is 1. The third kappa shape index (κ3) is 5.19. The summed E-state index contributed by atoms with van der Waals surface area (Å²) in [5, 5.41) is 7.62. The number of likely N-dealkylation sites (tertiary alicyclic amines) is 1. The molecule has 158 valence electrons. The zero-order valence-electron chi connectivity index (χ0n) is 17.5. The maximum atomic E-state index is 12.5. The molecule has 1 aliphatic heterocycles. The van der Waals surface area contributed by atoms with Gasteiger partial charge < -0.3 is 10.5 Å². The second-order valence-electron chi connectivity index (χ2n) is 7.96. The van der Waals surface area contributed by atoms with Crippen molar-refractivity contribution in [2.75, 3.05) is 13.1 Å². The van der Waals surface area contributed by atoms with Gasteiger partial charge in [-0.15, -0.1) is 0 Å².